The van der Waals surface area contributed by atoms with E-state index in [1.807, 2.05) is 0 Å². The lowest BCUT2D eigenvalue weighted by Crippen LogP contribution is -2.15. The molecule has 0 amide bonds. The van der Waals surface area contributed by atoms with Crippen LogP contribution >= 0.6 is 0 Å². The van der Waals surface area contributed by atoms with E-state index in [2.05, 4.69) is 21.1 Å². The van der Waals surface area contributed by atoms with Crippen molar-refractivity contribution in [2.24, 2.45) is 21.7 Å². The molecule has 82 valence electrons. The maximum atomic E-state index is 5.68. The minimum atomic E-state index is 0.275. The van der Waals surface area contributed by atoms with E-state index in [0.717, 1.165) is 0 Å². The van der Waals surface area contributed by atoms with Gasteiger partial charge in [0, 0.05) is 30.8 Å². The number of hydrogen-bond acceptors (Lipinski definition) is 3. The SMILES string of the molecule is C#CCC/C(N)=N/N=C(\N)c1cccnc1. The second kappa shape index (κ2) is 6.19. The van der Waals surface area contributed by atoms with Crippen LogP contribution in [0, 0.1) is 12.3 Å². The van der Waals surface area contributed by atoms with E-state index in [0.29, 0.717) is 24.2 Å². The summed E-state index contributed by atoms with van der Waals surface area (Å²) in [4.78, 5) is 3.92. The third kappa shape index (κ3) is 3.80. The molecule has 0 unspecified atom stereocenters. The molecule has 5 heteroatoms. The quantitative estimate of drug-likeness (QED) is 0.331. The minimum Gasteiger partial charge on any atom is -0.386 e. The number of nitrogens with zero attached hydrogens (tertiary/aromatic N) is 3. The first-order chi connectivity index (χ1) is 7.74. The van der Waals surface area contributed by atoms with Crippen LogP contribution in [0.5, 0.6) is 0 Å². The number of hydrogen-bond donors (Lipinski definition) is 2. The number of amidine groups is 2. The average Bonchev–Trinajstić information content (AvgIpc) is 2.34. The number of rotatable bonds is 4. The molecule has 4 N–H and O–H groups in total. The molecule has 0 aromatic carbocycles. The van der Waals surface area contributed by atoms with Crippen molar-refractivity contribution in [1.82, 2.24) is 4.98 Å². The largest absolute Gasteiger partial charge is 0.386 e. The monoisotopic (exact) mass is 215 g/mol. The molecule has 1 aromatic heterocycles. The van der Waals surface area contributed by atoms with Crippen LogP contribution in [0.25, 0.3) is 0 Å². The molecule has 16 heavy (non-hydrogen) atoms. The highest BCUT2D eigenvalue weighted by atomic mass is 15.3. The highest BCUT2D eigenvalue weighted by Crippen LogP contribution is 1.95. The van der Waals surface area contributed by atoms with Gasteiger partial charge in [-0.1, -0.05) is 0 Å². The van der Waals surface area contributed by atoms with Crippen LogP contribution in [0.4, 0.5) is 0 Å². The molecule has 0 aliphatic carbocycles. The number of aromatic nitrogens is 1. The summed E-state index contributed by atoms with van der Waals surface area (Å²) in [5, 5.41) is 7.57. The Morgan fingerprint density at radius 2 is 2.25 bits per heavy atom. The summed E-state index contributed by atoms with van der Waals surface area (Å²) in [6.07, 6.45) is 9.41. The molecule has 0 saturated carbocycles. The standard InChI is InChI=1S/C11H13N5/c1-2-3-6-10(12)15-16-11(13)9-5-4-7-14-8-9/h1,4-5,7-8H,3,6H2,(H2,12,15)(H2,13,16). The van der Waals surface area contributed by atoms with Gasteiger partial charge in [0.05, 0.1) is 0 Å². The molecular weight excluding hydrogens is 202 g/mol. The second-order valence-corrected chi connectivity index (χ2v) is 3.02. The van der Waals surface area contributed by atoms with Gasteiger partial charge in [-0.05, 0) is 12.1 Å². The van der Waals surface area contributed by atoms with Crippen LogP contribution in [0.1, 0.15) is 18.4 Å². The van der Waals surface area contributed by atoms with Crippen molar-refractivity contribution >= 4 is 11.7 Å². The van der Waals surface area contributed by atoms with Crippen molar-refractivity contribution in [2.75, 3.05) is 0 Å². The maximum absolute atomic E-state index is 5.68. The van der Waals surface area contributed by atoms with E-state index in [-0.39, 0.29) is 5.84 Å². The molecule has 0 saturated heterocycles. The van der Waals surface area contributed by atoms with Crippen molar-refractivity contribution < 1.29 is 0 Å². The summed E-state index contributed by atoms with van der Waals surface area (Å²) >= 11 is 0. The zero-order chi connectivity index (χ0) is 11.8. The molecule has 1 aromatic rings. The predicted octanol–water partition coefficient (Wildman–Crippen LogP) is 0.472. The van der Waals surface area contributed by atoms with Gasteiger partial charge in [-0.3, -0.25) is 4.98 Å². The van der Waals surface area contributed by atoms with Crippen molar-refractivity contribution in [3.05, 3.63) is 30.1 Å². The third-order valence-corrected chi connectivity index (χ3v) is 1.77. The molecule has 5 nitrogen and oxygen atoms in total. The Hall–Kier alpha value is -2.35. The normalized spacial score (nSPS) is 12.2. The zero-order valence-corrected chi connectivity index (χ0v) is 8.80. The van der Waals surface area contributed by atoms with Gasteiger partial charge in [0.15, 0.2) is 5.84 Å². The van der Waals surface area contributed by atoms with Crippen molar-refractivity contribution in [1.29, 1.82) is 0 Å². The Kier molecular flexibility index (Phi) is 4.54. The first-order valence-electron chi connectivity index (χ1n) is 4.73. The predicted molar refractivity (Wildman–Crippen MR) is 64.7 cm³/mol. The van der Waals surface area contributed by atoms with Crippen LogP contribution in [-0.2, 0) is 0 Å². The third-order valence-electron chi connectivity index (χ3n) is 1.77. The maximum Gasteiger partial charge on any atom is 0.154 e. The Balaban J connectivity index is 2.68. The minimum absolute atomic E-state index is 0.275. The van der Waals surface area contributed by atoms with Gasteiger partial charge in [0.1, 0.15) is 5.84 Å². The molecule has 0 atom stereocenters. The molecule has 0 aliphatic rings. The van der Waals surface area contributed by atoms with Gasteiger partial charge in [-0.15, -0.1) is 22.5 Å². The van der Waals surface area contributed by atoms with E-state index in [9.17, 15) is 0 Å². The summed E-state index contributed by atoms with van der Waals surface area (Å²) in [5.41, 5.74) is 11.9. The fourth-order valence-electron chi connectivity index (χ4n) is 0.940. The lowest BCUT2D eigenvalue weighted by Gasteiger charge is -1.97. The van der Waals surface area contributed by atoms with Crippen LogP contribution < -0.4 is 11.5 Å². The molecular formula is C11H13N5. The molecule has 1 rings (SSSR count). The smallest absolute Gasteiger partial charge is 0.154 e. The van der Waals surface area contributed by atoms with E-state index in [4.69, 9.17) is 17.9 Å². The average molecular weight is 215 g/mol. The Labute approximate surface area is 94.3 Å². The fourth-order valence-corrected chi connectivity index (χ4v) is 0.940. The van der Waals surface area contributed by atoms with Gasteiger partial charge in [-0.25, -0.2) is 0 Å². The van der Waals surface area contributed by atoms with Gasteiger partial charge in [0.2, 0.25) is 0 Å². The molecule has 0 radical (unpaired) electrons. The highest BCUT2D eigenvalue weighted by molar-refractivity contribution is 5.97. The molecule has 0 aliphatic heterocycles. The van der Waals surface area contributed by atoms with E-state index >= 15 is 0 Å². The van der Waals surface area contributed by atoms with Crippen molar-refractivity contribution in [3.8, 4) is 12.3 Å². The van der Waals surface area contributed by atoms with E-state index < -0.39 is 0 Å². The van der Waals surface area contributed by atoms with Crippen molar-refractivity contribution in [2.45, 2.75) is 12.8 Å². The first kappa shape index (κ1) is 11.7. The van der Waals surface area contributed by atoms with Gasteiger partial charge < -0.3 is 11.5 Å². The topological polar surface area (TPSA) is 89.6 Å². The van der Waals surface area contributed by atoms with Gasteiger partial charge >= 0.3 is 0 Å². The second-order valence-electron chi connectivity index (χ2n) is 3.02. The Bertz CT molecular complexity index is 427. The summed E-state index contributed by atoms with van der Waals surface area (Å²) < 4.78 is 0. The molecule has 0 bridgehead atoms. The number of pyridine rings is 1. The summed E-state index contributed by atoms with van der Waals surface area (Å²) in [5.74, 6) is 3.11. The van der Waals surface area contributed by atoms with Gasteiger partial charge in [0.25, 0.3) is 0 Å². The summed E-state index contributed by atoms with van der Waals surface area (Å²) in [6.45, 7) is 0. The lowest BCUT2D eigenvalue weighted by atomic mass is 10.3. The number of nitrogens with two attached hydrogens (primary N) is 2. The van der Waals surface area contributed by atoms with E-state index in [1.165, 1.54) is 0 Å². The zero-order valence-electron chi connectivity index (χ0n) is 8.80. The number of terminal acetylenes is 1. The van der Waals surface area contributed by atoms with Gasteiger partial charge in [-0.2, -0.15) is 0 Å². The van der Waals surface area contributed by atoms with Crippen molar-refractivity contribution in [3.63, 3.8) is 0 Å². The molecule has 1 heterocycles. The highest BCUT2D eigenvalue weighted by Gasteiger charge is 1.96. The molecule has 0 fully saturated rings. The van der Waals surface area contributed by atoms with Crippen LogP contribution in [0.3, 0.4) is 0 Å². The Morgan fingerprint density at radius 1 is 1.44 bits per heavy atom. The van der Waals surface area contributed by atoms with Crippen LogP contribution in [-0.4, -0.2) is 16.7 Å². The summed E-state index contributed by atoms with van der Waals surface area (Å²) in [7, 11) is 0. The summed E-state index contributed by atoms with van der Waals surface area (Å²) in [6, 6.07) is 3.56. The fraction of sp³-hybridized carbons (Fsp3) is 0.182. The molecule has 0 spiro atoms. The Morgan fingerprint density at radius 3 is 2.88 bits per heavy atom. The van der Waals surface area contributed by atoms with Crippen LogP contribution in [0.15, 0.2) is 34.7 Å². The van der Waals surface area contributed by atoms with Crippen LogP contribution in [0.2, 0.25) is 0 Å². The lowest BCUT2D eigenvalue weighted by molar-refractivity contribution is 1.07. The van der Waals surface area contributed by atoms with E-state index in [1.54, 1.807) is 24.5 Å². The first-order valence-corrected chi connectivity index (χ1v) is 4.73.